The van der Waals surface area contributed by atoms with E-state index in [1.807, 2.05) is 0 Å². The summed E-state index contributed by atoms with van der Waals surface area (Å²) in [6.07, 6.45) is 0. The van der Waals surface area contributed by atoms with Crippen molar-refractivity contribution in [1.29, 1.82) is 0 Å². The molecular weight excluding hydrogens is 347 g/mol. The second-order valence-corrected chi connectivity index (χ2v) is 5.76. The first-order chi connectivity index (χ1) is 10.5. The first-order valence-corrected chi connectivity index (χ1v) is 7.43. The maximum Gasteiger partial charge on any atom is 0.258 e. The van der Waals surface area contributed by atoms with Gasteiger partial charge in [0.05, 0.1) is 20.9 Å². The average molecular weight is 356 g/mol. The largest absolute Gasteiger partial charge is 0.483 e. The fourth-order valence-electron chi connectivity index (χ4n) is 1.99. The fraction of sp³-hybridized carbons (Fsp3) is 0.0667. The minimum Gasteiger partial charge on any atom is -0.483 e. The summed E-state index contributed by atoms with van der Waals surface area (Å²) in [5, 5.41) is 1.68. The molecule has 3 aromatic rings. The van der Waals surface area contributed by atoms with Gasteiger partial charge in [-0.05, 0) is 30.3 Å². The van der Waals surface area contributed by atoms with Gasteiger partial charge >= 0.3 is 0 Å². The van der Waals surface area contributed by atoms with Crippen LogP contribution >= 0.6 is 34.8 Å². The topological polar surface area (TPSA) is 55.0 Å². The third-order valence-electron chi connectivity index (χ3n) is 2.99. The van der Waals surface area contributed by atoms with Crippen LogP contribution in [-0.4, -0.2) is 9.97 Å². The van der Waals surface area contributed by atoms with E-state index in [-0.39, 0.29) is 12.2 Å². The zero-order chi connectivity index (χ0) is 15.7. The van der Waals surface area contributed by atoms with Crippen molar-refractivity contribution in [3.63, 3.8) is 0 Å². The number of aromatic amines is 1. The number of H-pyrrole nitrogens is 1. The lowest BCUT2D eigenvalue weighted by Gasteiger charge is -2.09. The summed E-state index contributed by atoms with van der Waals surface area (Å²) in [6, 6.07) is 9.98. The molecule has 1 aromatic heterocycles. The molecular formula is C15H9Cl3N2O2. The van der Waals surface area contributed by atoms with Gasteiger partial charge < -0.3 is 9.72 Å². The minimum atomic E-state index is -0.281. The van der Waals surface area contributed by atoms with Gasteiger partial charge in [0, 0.05) is 5.02 Å². The predicted octanol–water partition coefficient (Wildman–Crippen LogP) is 4.46. The van der Waals surface area contributed by atoms with Crippen LogP contribution in [0.5, 0.6) is 5.75 Å². The Kier molecular flexibility index (Phi) is 4.25. The lowest BCUT2D eigenvalue weighted by Crippen LogP contribution is -2.13. The molecule has 4 nitrogen and oxygen atoms in total. The molecule has 0 amide bonds. The van der Waals surface area contributed by atoms with Crippen LogP contribution in [0.2, 0.25) is 15.1 Å². The van der Waals surface area contributed by atoms with Crippen LogP contribution in [0.1, 0.15) is 5.82 Å². The van der Waals surface area contributed by atoms with E-state index in [0.717, 1.165) is 0 Å². The highest BCUT2D eigenvalue weighted by molar-refractivity contribution is 6.37. The smallest absolute Gasteiger partial charge is 0.258 e. The van der Waals surface area contributed by atoms with Crippen molar-refractivity contribution in [2.24, 2.45) is 0 Å². The molecule has 0 aliphatic heterocycles. The summed E-state index contributed by atoms with van der Waals surface area (Å²) in [7, 11) is 0. The van der Waals surface area contributed by atoms with E-state index in [0.29, 0.717) is 37.5 Å². The third-order valence-corrected chi connectivity index (χ3v) is 3.82. The number of benzene rings is 2. The predicted molar refractivity (Wildman–Crippen MR) is 88.2 cm³/mol. The summed E-state index contributed by atoms with van der Waals surface area (Å²) >= 11 is 17.9. The second-order valence-electron chi connectivity index (χ2n) is 4.51. The molecule has 0 aliphatic rings. The van der Waals surface area contributed by atoms with Gasteiger partial charge in [0.2, 0.25) is 0 Å². The number of nitrogens with zero attached hydrogens (tertiary/aromatic N) is 1. The van der Waals surface area contributed by atoms with Crippen molar-refractivity contribution in [3.05, 3.63) is 67.6 Å². The van der Waals surface area contributed by atoms with E-state index in [2.05, 4.69) is 9.97 Å². The Hall–Kier alpha value is -1.75. The third kappa shape index (κ3) is 3.04. The van der Waals surface area contributed by atoms with Crippen molar-refractivity contribution in [3.8, 4) is 5.75 Å². The van der Waals surface area contributed by atoms with Crippen LogP contribution in [0, 0.1) is 0 Å². The zero-order valence-corrected chi connectivity index (χ0v) is 13.3. The number of ether oxygens (including phenoxy) is 1. The Morgan fingerprint density at radius 2 is 1.82 bits per heavy atom. The van der Waals surface area contributed by atoms with Crippen molar-refractivity contribution in [2.45, 2.75) is 6.61 Å². The van der Waals surface area contributed by atoms with Gasteiger partial charge in [-0.2, -0.15) is 0 Å². The monoisotopic (exact) mass is 354 g/mol. The Balaban J connectivity index is 1.92. The average Bonchev–Trinajstić information content (AvgIpc) is 2.47. The number of hydrogen-bond acceptors (Lipinski definition) is 3. The van der Waals surface area contributed by atoms with Crippen LogP contribution in [0.25, 0.3) is 10.9 Å². The van der Waals surface area contributed by atoms with Gasteiger partial charge in [-0.3, -0.25) is 4.79 Å². The molecule has 0 saturated heterocycles. The van der Waals surface area contributed by atoms with E-state index < -0.39 is 0 Å². The Morgan fingerprint density at radius 3 is 2.55 bits per heavy atom. The number of halogens is 3. The number of hydrogen-bond donors (Lipinski definition) is 1. The van der Waals surface area contributed by atoms with Gasteiger partial charge in [0.1, 0.15) is 12.4 Å². The SMILES string of the molecule is O=c1[nH]c(COc2c(Cl)cccc2Cl)nc2ccc(Cl)cc12. The molecule has 22 heavy (non-hydrogen) atoms. The number of aromatic nitrogens is 2. The minimum absolute atomic E-state index is 0.0389. The first kappa shape index (κ1) is 15.2. The number of rotatable bonds is 3. The molecule has 0 atom stereocenters. The van der Waals surface area contributed by atoms with E-state index in [4.69, 9.17) is 39.5 Å². The number of para-hydroxylation sites is 1. The molecule has 0 unspecified atom stereocenters. The molecule has 0 fully saturated rings. The highest BCUT2D eigenvalue weighted by atomic mass is 35.5. The van der Waals surface area contributed by atoms with Gasteiger partial charge in [-0.1, -0.05) is 40.9 Å². The molecule has 1 heterocycles. The van der Waals surface area contributed by atoms with Crippen LogP contribution in [0.15, 0.2) is 41.2 Å². The van der Waals surface area contributed by atoms with Crippen molar-refractivity contribution < 1.29 is 4.74 Å². The van der Waals surface area contributed by atoms with Gasteiger partial charge in [-0.25, -0.2) is 4.98 Å². The molecule has 0 saturated carbocycles. The molecule has 2 aromatic carbocycles. The van der Waals surface area contributed by atoms with Crippen LogP contribution in [0.4, 0.5) is 0 Å². The lowest BCUT2D eigenvalue weighted by atomic mass is 10.2. The highest BCUT2D eigenvalue weighted by Gasteiger charge is 2.09. The van der Waals surface area contributed by atoms with Crippen LogP contribution in [0.3, 0.4) is 0 Å². The molecule has 0 aliphatic carbocycles. The molecule has 112 valence electrons. The maximum atomic E-state index is 12.0. The first-order valence-electron chi connectivity index (χ1n) is 6.30. The molecule has 0 radical (unpaired) electrons. The zero-order valence-electron chi connectivity index (χ0n) is 11.1. The highest BCUT2D eigenvalue weighted by Crippen LogP contribution is 2.32. The van der Waals surface area contributed by atoms with Crippen LogP contribution < -0.4 is 10.3 Å². The Bertz CT molecular complexity index is 889. The maximum absolute atomic E-state index is 12.0. The van der Waals surface area contributed by atoms with Gasteiger partial charge in [0.25, 0.3) is 5.56 Å². The molecule has 7 heteroatoms. The summed E-state index contributed by atoms with van der Waals surface area (Å²) in [5.74, 6) is 0.723. The normalized spacial score (nSPS) is 10.9. The van der Waals surface area contributed by atoms with Gasteiger partial charge in [0.15, 0.2) is 5.75 Å². The van der Waals surface area contributed by atoms with Crippen molar-refractivity contribution in [1.82, 2.24) is 9.97 Å². The van der Waals surface area contributed by atoms with Crippen LogP contribution in [-0.2, 0) is 6.61 Å². The molecule has 0 bridgehead atoms. The summed E-state index contributed by atoms with van der Waals surface area (Å²) in [4.78, 5) is 19.0. The van der Waals surface area contributed by atoms with E-state index in [9.17, 15) is 4.79 Å². The Labute approximate surface area is 140 Å². The van der Waals surface area contributed by atoms with E-state index >= 15 is 0 Å². The summed E-state index contributed by atoms with van der Waals surface area (Å²) in [6.45, 7) is 0.0389. The lowest BCUT2D eigenvalue weighted by molar-refractivity contribution is 0.296. The van der Waals surface area contributed by atoms with Crippen molar-refractivity contribution in [2.75, 3.05) is 0 Å². The quantitative estimate of drug-likeness (QED) is 0.754. The summed E-state index contributed by atoms with van der Waals surface area (Å²) in [5.41, 5.74) is 0.258. The molecule has 1 N–H and O–H groups in total. The fourth-order valence-corrected chi connectivity index (χ4v) is 2.67. The van der Waals surface area contributed by atoms with E-state index in [1.54, 1.807) is 36.4 Å². The standard InChI is InChI=1S/C15H9Cl3N2O2/c16-8-4-5-12-9(6-8)15(21)20-13(19-12)7-22-14-10(17)2-1-3-11(14)18/h1-6H,7H2,(H,19,20,21). The van der Waals surface area contributed by atoms with Gasteiger partial charge in [-0.15, -0.1) is 0 Å². The molecule has 3 rings (SSSR count). The summed E-state index contributed by atoms with van der Waals surface area (Å²) < 4.78 is 5.56. The number of nitrogens with one attached hydrogen (secondary N) is 1. The molecule has 0 spiro atoms. The van der Waals surface area contributed by atoms with E-state index in [1.165, 1.54) is 0 Å². The number of fused-ring (bicyclic) bond motifs is 1. The second kappa shape index (κ2) is 6.16. The van der Waals surface area contributed by atoms with Crippen molar-refractivity contribution >= 4 is 45.7 Å². The Morgan fingerprint density at radius 1 is 1.09 bits per heavy atom.